The van der Waals surface area contributed by atoms with Gasteiger partial charge in [-0.1, -0.05) is 38.1 Å². The van der Waals surface area contributed by atoms with Crippen LogP contribution in [0.2, 0.25) is 0 Å². The quantitative estimate of drug-likeness (QED) is 0.904. The van der Waals surface area contributed by atoms with Crippen LogP contribution in [0.25, 0.3) is 6.08 Å². The zero-order chi connectivity index (χ0) is 19.2. The number of nitrogens with one attached hydrogen (secondary N) is 1. The third kappa shape index (κ3) is 2.41. The van der Waals surface area contributed by atoms with Gasteiger partial charge in [-0.2, -0.15) is 0 Å². The molecule has 0 bridgehead atoms. The van der Waals surface area contributed by atoms with Gasteiger partial charge in [-0.25, -0.2) is 0 Å². The molecule has 2 aliphatic heterocycles. The Labute approximate surface area is 159 Å². The van der Waals surface area contributed by atoms with Crippen molar-refractivity contribution >= 4 is 17.7 Å². The maximum absolute atomic E-state index is 12.3. The van der Waals surface area contributed by atoms with Gasteiger partial charge in [-0.05, 0) is 29.8 Å². The number of methoxy groups -OCH3 is 2. The minimum absolute atomic E-state index is 0.0314. The molecule has 4 rings (SSSR count). The van der Waals surface area contributed by atoms with E-state index in [1.165, 1.54) is 5.56 Å². The molecule has 1 amide bonds. The van der Waals surface area contributed by atoms with E-state index >= 15 is 0 Å². The topological polar surface area (TPSA) is 50.8 Å². The lowest BCUT2D eigenvalue weighted by atomic mass is 9.75. The number of anilines is 1. The average molecular weight is 364 g/mol. The summed E-state index contributed by atoms with van der Waals surface area (Å²) >= 11 is 0. The van der Waals surface area contributed by atoms with Crippen molar-refractivity contribution < 1.29 is 14.3 Å². The highest BCUT2D eigenvalue weighted by atomic mass is 16.5. The Morgan fingerprint density at radius 3 is 2.63 bits per heavy atom. The van der Waals surface area contributed by atoms with Gasteiger partial charge in [-0.15, -0.1) is 0 Å². The minimum atomic E-state index is -0.612. The van der Waals surface area contributed by atoms with Crippen molar-refractivity contribution in [2.75, 3.05) is 25.7 Å². The maximum Gasteiger partial charge on any atom is 0.241 e. The molecule has 0 aliphatic carbocycles. The van der Waals surface area contributed by atoms with Crippen LogP contribution in [0.1, 0.15) is 25.0 Å². The summed E-state index contributed by atoms with van der Waals surface area (Å²) in [6, 6.07) is 14.0. The molecule has 0 unspecified atom stereocenters. The third-order valence-electron chi connectivity index (χ3n) is 5.82. The molecule has 140 valence electrons. The summed E-state index contributed by atoms with van der Waals surface area (Å²) in [7, 11) is 3.27. The molecule has 2 aliphatic rings. The molecular weight excluding hydrogens is 340 g/mol. The maximum atomic E-state index is 12.3. The summed E-state index contributed by atoms with van der Waals surface area (Å²) in [6.45, 7) is 4.70. The van der Waals surface area contributed by atoms with E-state index in [4.69, 9.17) is 9.47 Å². The smallest absolute Gasteiger partial charge is 0.241 e. The number of rotatable bonds is 4. The van der Waals surface area contributed by atoms with Crippen molar-refractivity contribution in [2.45, 2.75) is 24.9 Å². The second kappa shape index (κ2) is 6.05. The molecule has 2 aromatic rings. The van der Waals surface area contributed by atoms with E-state index < -0.39 is 5.66 Å². The van der Waals surface area contributed by atoms with Gasteiger partial charge in [0, 0.05) is 22.7 Å². The van der Waals surface area contributed by atoms with Crippen molar-refractivity contribution in [1.82, 2.24) is 5.32 Å². The van der Waals surface area contributed by atoms with Crippen LogP contribution in [0, 0.1) is 0 Å². The number of nitrogens with zero attached hydrogens (tertiary/aromatic N) is 1. The van der Waals surface area contributed by atoms with Crippen LogP contribution in [0.5, 0.6) is 11.5 Å². The number of fused-ring (bicyclic) bond motifs is 3. The molecule has 1 N–H and O–H groups in total. The fourth-order valence-electron chi connectivity index (χ4n) is 4.31. The molecule has 5 heteroatoms. The van der Waals surface area contributed by atoms with Gasteiger partial charge in [0.15, 0.2) is 0 Å². The highest BCUT2D eigenvalue weighted by Gasteiger charge is 2.59. The van der Waals surface area contributed by atoms with Gasteiger partial charge < -0.3 is 19.7 Å². The van der Waals surface area contributed by atoms with Crippen LogP contribution in [0.3, 0.4) is 0 Å². The minimum Gasteiger partial charge on any atom is -0.497 e. The first-order valence-corrected chi connectivity index (χ1v) is 9.02. The predicted octanol–water partition coefficient (Wildman–Crippen LogP) is 3.34. The van der Waals surface area contributed by atoms with E-state index in [2.05, 4.69) is 48.3 Å². The van der Waals surface area contributed by atoms with Crippen molar-refractivity contribution in [3.63, 3.8) is 0 Å². The lowest BCUT2D eigenvalue weighted by Crippen LogP contribution is -2.58. The summed E-state index contributed by atoms with van der Waals surface area (Å²) in [5, 5.41) is 3.23. The van der Waals surface area contributed by atoms with E-state index in [0.29, 0.717) is 6.54 Å². The predicted molar refractivity (Wildman–Crippen MR) is 106 cm³/mol. The fourth-order valence-corrected chi connectivity index (χ4v) is 4.31. The van der Waals surface area contributed by atoms with Crippen LogP contribution < -0.4 is 19.7 Å². The van der Waals surface area contributed by atoms with Crippen LogP contribution in [0.4, 0.5) is 5.69 Å². The molecular formula is C22H24N2O3. The Balaban J connectivity index is 1.81. The van der Waals surface area contributed by atoms with E-state index in [9.17, 15) is 4.79 Å². The Morgan fingerprint density at radius 2 is 1.89 bits per heavy atom. The SMILES string of the molecule is COc1ccc(/C=C/[C@]23NC(=O)CN2c2ccccc2C3(C)C)c(OC)c1. The molecule has 2 heterocycles. The number of carbonyl (C=O) groups excluding carboxylic acids is 1. The zero-order valence-corrected chi connectivity index (χ0v) is 16.1. The van der Waals surface area contributed by atoms with E-state index in [1.54, 1.807) is 14.2 Å². The average Bonchev–Trinajstić information content (AvgIpc) is 3.11. The summed E-state index contributed by atoms with van der Waals surface area (Å²) < 4.78 is 10.8. The van der Waals surface area contributed by atoms with Crippen molar-refractivity contribution in [3.8, 4) is 11.5 Å². The summed E-state index contributed by atoms with van der Waals surface area (Å²) in [4.78, 5) is 14.5. The standard InChI is InChI=1S/C22H24N2O3/c1-21(2)17-7-5-6-8-18(17)24-14-20(25)23-22(21,24)12-11-15-9-10-16(26-3)13-19(15)27-4/h5-13H,14H2,1-4H3,(H,23,25)/b12-11+/t22-/m0/s1. The van der Waals surface area contributed by atoms with Crippen LogP contribution in [0.15, 0.2) is 48.5 Å². The second-order valence-corrected chi connectivity index (χ2v) is 7.48. The molecule has 0 spiro atoms. The molecule has 5 nitrogen and oxygen atoms in total. The summed E-state index contributed by atoms with van der Waals surface area (Å²) in [5.74, 6) is 1.50. The monoisotopic (exact) mass is 364 g/mol. The van der Waals surface area contributed by atoms with Gasteiger partial charge >= 0.3 is 0 Å². The third-order valence-corrected chi connectivity index (χ3v) is 5.82. The summed E-state index contributed by atoms with van der Waals surface area (Å²) in [5.41, 5.74) is 2.37. The summed E-state index contributed by atoms with van der Waals surface area (Å²) in [6.07, 6.45) is 4.10. The van der Waals surface area contributed by atoms with Gasteiger partial charge in [0.2, 0.25) is 5.91 Å². The van der Waals surface area contributed by atoms with Crippen molar-refractivity contribution in [3.05, 3.63) is 59.7 Å². The molecule has 0 radical (unpaired) electrons. The van der Waals surface area contributed by atoms with E-state index in [1.807, 2.05) is 30.3 Å². The van der Waals surface area contributed by atoms with Crippen LogP contribution in [-0.4, -0.2) is 32.3 Å². The van der Waals surface area contributed by atoms with Gasteiger partial charge in [-0.3, -0.25) is 4.79 Å². The van der Waals surface area contributed by atoms with E-state index in [0.717, 1.165) is 22.7 Å². The number of hydrogen-bond donors (Lipinski definition) is 1. The first-order chi connectivity index (χ1) is 12.9. The second-order valence-electron chi connectivity index (χ2n) is 7.48. The number of para-hydroxylation sites is 1. The molecule has 1 saturated heterocycles. The normalized spacial score (nSPS) is 22.5. The molecule has 0 aromatic heterocycles. The molecule has 0 saturated carbocycles. The lowest BCUT2D eigenvalue weighted by molar-refractivity contribution is -0.118. The van der Waals surface area contributed by atoms with Gasteiger partial charge in [0.25, 0.3) is 0 Å². The number of hydrogen-bond acceptors (Lipinski definition) is 4. The number of benzene rings is 2. The van der Waals surface area contributed by atoms with E-state index in [-0.39, 0.29) is 11.3 Å². The molecule has 1 fully saturated rings. The van der Waals surface area contributed by atoms with Gasteiger partial charge in [0.05, 0.1) is 20.8 Å². The Morgan fingerprint density at radius 1 is 1.11 bits per heavy atom. The van der Waals surface area contributed by atoms with Crippen molar-refractivity contribution in [2.24, 2.45) is 0 Å². The van der Waals surface area contributed by atoms with Crippen molar-refractivity contribution in [1.29, 1.82) is 0 Å². The molecule has 1 atom stereocenters. The Bertz CT molecular complexity index is 935. The highest BCUT2D eigenvalue weighted by Crippen LogP contribution is 2.52. The molecule has 2 aromatic carbocycles. The number of ether oxygens (including phenoxy) is 2. The lowest BCUT2D eigenvalue weighted by Gasteiger charge is -2.40. The molecule has 27 heavy (non-hydrogen) atoms. The first kappa shape index (κ1) is 17.5. The zero-order valence-electron chi connectivity index (χ0n) is 16.1. The first-order valence-electron chi connectivity index (χ1n) is 9.02. The largest absolute Gasteiger partial charge is 0.497 e. The Hall–Kier alpha value is -2.95. The fraction of sp³-hybridized carbons (Fsp3) is 0.318. The van der Waals surface area contributed by atoms with Gasteiger partial charge in [0.1, 0.15) is 17.2 Å². The number of carbonyl (C=O) groups is 1. The number of amides is 1. The highest BCUT2D eigenvalue weighted by molar-refractivity contribution is 5.91. The van der Waals surface area contributed by atoms with Crippen LogP contribution in [-0.2, 0) is 10.2 Å². The van der Waals surface area contributed by atoms with Crippen LogP contribution >= 0.6 is 0 Å². The Kier molecular flexibility index (Phi) is 3.91.